The summed E-state index contributed by atoms with van der Waals surface area (Å²) in [6.45, 7) is 3.64. The van der Waals surface area contributed by atoms with Crippen LogP contribution in [0.3, 0.4) is 0 Å². The summed E-state index contributed by atoms with van der Waals surface area (Å²) < 4.78 is 5.74. The van der Waals surface area contributed by atoms with E-state index in [2.05, 4.69) is 48.2 Å². The number of hydrogen-bond acceptors (Lipinski definition) is 3. The number of ether oxygens (including phenoxy) is 1. The molecule has 0 aliphatic carbocycles. The number of benzene rings is 2. The van der Waals surface area contributed by atoms with E-state index in [-0.39, 0.29) is 0 Å². The molecule has 0 atom stereocenters. The fourth-order valence-corrected chi connectivity index (χ4v) is 4.15. The summed E-state index contributed by atoms with van der Waals surface area (Å²) >= 11 is 8.11. The van der Waals surface area contributed by atoms with Gasteiger partial charge in [0.1, 0.15) is 12.4 Å². The highest BCUT2D eigenvalue weighted by Crippen LogP contribution is 2.51. The minimum Gasteiger partial charge on any atom is -0.489 e. The van der Waals surface area contributed by atoms with E-state index in [4.69, 9.17) is 16.3 Å². The summed E-state index contributed by atoms with van der Waals surface area (Å²) in [5, 5.41) is 0.779. The Hall–Kier alpha value is -1.58. The van der Waals surface area contributed by atoms with Crippen LogP contribution in [0.15, 0.2) is 52.3 Å². The van der Waals surface area contributed by atoms with Crippen LogP contribution in [0.4, 0.5) is 11.4 Å². The quantitative estimate of drug-likeness (QED) is 0.710. The van der Waals surface area contributed by atoms with Gasteiger partial charge in [-0.05, 0) is 31.2 Å². The first-order valence-electron chi connectivity index (χ1n) is 6.99. The van der Waals surface area contributed by atoms with Gasteiger partial charge in [-0.3, -0.25) is 0 Å². The van der Waals surface area contributed by atoms with Crippen LogP contribution in [0.2, 0.25) is 0 Å². The van der Waals surface area contributed by atoms with Gasteiger partial charge in [-0.15, -0.1) is 0 Å². The number of rotatable bonds is 1. The number of halogens is 1. The molecule has 2 aliphatic heterocycles. The van der Waals surface area contributed by atoms with Gasteiger partial charge in [-0.25, -0.2) is 0 Å². The molecule has 0 radical (unpaired) electrons. The molecule has 0 amide bonds. The maximum atomic E-state index is 6.32. The molecular formula is C17H14ClNOS. The number of fused-ring (bicyclic) bond motifs is 3. The van der Waals surface area contributed by atoms with Crippen LogP contribution < -0.4 is 9.64 Å². The summed E-state index contributed by atoms with van der Waals surface area (Å²) in [7, 11) is 0. The molecule has 0 saturated carbocycles. The Morgan fingerprint density at radius 2 is 2.05 bits per heavy atom. The molecule has 106 valence electrons. The van der Waals surface area contributed by atoms with Gasteiger partial charge in [0, 0.05) is 28.0 Å². The molecule has 4 rings (SSSR count). The average Bonchev–Trinajstić information content (AvgIpc) is 2.51. The summed E-state index contributed by atoms with van der Waals surface area (Å²) in [4.78, 5) is 4.84. The van der Waals surface area contributed by atoms with E-state index >= 15 is 0 Å². The van der Waals surface area contributed by atoms with Crippen molar-refractivity contribution in [1.82, 2.24) is 0 Å². The molecule has 0 spiro atoms. The van der Waals surface area contributed by atoms with Crippen molar-refractivity contribution in [3.8, 4) is 5.75 Å². The normalized spacial score (nSPS) is 15.5. The van der Waals surface area contributed by atoms with Crippen LogP contribution in [0.25, 0.3) is 5.03 Å². The molecule has 2 aromatic rings. The number of nitrogens with zero attached hydrogens (tertiary/aromatic N) is 1. The Kier molecular flexibility index (Phi) is 3.12. The first-order valence-corrected chi connectivity index (χ1v) is 8.18. The second kappa shape index (κ2) is 5.00. The van der Waals surface area contributed by atoms with Gasteiger partial charge in [-0.1, -0.05) is 35.5 Å². The molecule has 0 saturated heterocycles. The lowest BCUT2D eigenvalue weighted by Crippen LogP contribution is -2.20. The Morgan fingerprint density at radius 1 is 1.19 bits per heavy atom. The predicted octanol–water partition coefficient (Wildman–Crippen LogP) is 5.28. The van der Waals surface area contributed by atoms with Crippen molar-refractivity contribution in [2.75, 3.05) is 18.1 Å². The predicted molar refractivity (Wildman–Crippen MR) is 89.0 cm³/mol. The Labute approximate surface area is 133 Å². The zero-order valence-corrected chi connectivity index (χ0v) is 13.2. The number of hydrogen-bond donors (Lipinski definition) is 0. The second-order valence-electron chi connectivity index (χ2n) is 4.99. The third-order valence-corrected chi connectivity index (χ3v) is 5.27. The minimum absolute atomic E-state index is 0.542. The average molecular weight is 316 g/mol. The van der Waals surface area contributed by atoms with Crippen LogP contribution in [0.5, 0.6) is 5.75 Å². The first kappa shape index (κ1) is 13.1. The standard InChI is InChI=1S/C17H14ClNOS/c1-2-19-13-5-3-4-6-16(13)21-17-9-11-12(18)7-8-20-15(11)10-14(17)19/h3-7,9-10H,2,8H2,1H3. The molecular weight excluding hydrogens is 302 g/mol. The molecule has 21 heavy (non-hydrogen) atoms. The second-order valence-corrected chi connectivity index (χ2v) is 6.48. The van der Waals surface area contributed by atoms with Crippen LogP contribution in [-0.2, 0) is 0 Å². The number of para-hydroxylation sites is 1. The Balaban J connectivity index is 1.91. The molecule has 4 heteroatoms. The van der Waals surface area contributed by atoms with Crippen LogP contribution in [0, 0.1) is 0 Å². The summed E-state index contributed by atoms with van der Waals surface area (Å²) in [6, 6.07) is 12.8. The van der Waals surface area contributed by atoms with Gasteiger partial charge < -0.3 is 9.64 Å². The highest BCUT2D eigenvalue weighted by Gasteiger charge is 2.25. The zero-order chi connectivity index (χ0) is 14.4. The monoisotopic (exact) mass is 315 g/mol. The van der Waals surface area contributed by atoms with Crippen LogP contribution in [0.1, 0.15) is 12.5 Å². The van der Waals surface area contributed by atoms with E-state index in [1.165, 1.54) is 21.2 Å². The van der Waals surface area contributed by atoms with E-state index in [0.717, 1.165) is 22.9 Å². The van der Waals surface area contributed by atoms with Crippen LogP contribution in [-0.4, -0.2) is 13.2 Å². The van der Waals surface area contributed by atoms with Crippen molar-refractivity contribution in [2.45, 2.75) is 16.7 Å². The van der Waals surface area contributed by atoms with Crippen LogP contribution >= 0.6 is 23.4 Å². The van der Waals surface area contributed by atoms with Gasteiger partial charge in [0.15, 0.2) is 0 Å². The van der Waals surface area contributed by atoms with Crippen molar-refractivity contribution < 1.29 is 4.74 Å². The zero-order valence-electron chi connectivity index (χ0n) is 11.6. The van der Waals surface area contributed by atoms with Crippen molar-refractivity contribution in [1.29, 1.82) is 0 Å². The Morgan fingerprint density at radius 3 is 2.90 bits per heavy atom. The van der Waals surface area contributed by atoms with Gasteiger partial charge in [0.2, 0.25) is 0 Å². The van der Waals surface area contributed by atoms with Gasteiger partial charge >= 0.3 is 0 Å². The van der Waals surface area contributed by atoms with Crippen molar-refractivity contribution in [2.24, 2.45) is 0 Å². The van der Waals surface area contributed by atoms with E-state index < -0.39 is 0 Å². The summed E-state index contributed by atoms with van der Waals surface area (Å²) in [5.74, 6) is 0.875. The molecule has 2 nitrogen and oxygen atoms in total. The van der Waals surface area contributed by atoms with E-state index in [0.29, 0.717) is 6.61 Å². The van der Waals surface area contributed by atoms with E-state index in [1.807, 2.05) is 6.08 Å². The highest BCUT2D eigenvalue weighted by atomic mass is 35.5. The third kappa shape index (κ3) is 2.03. The molecule has 0 aromatic heterocycles. The lowest BCUT2D eigenvalue weighted by Gasteiger charge is -2.33. The van der Waals surface area contributed by atoms with Crippen molar-refractivity contribution in [3.05, 3.63) is 48.0 Å². The third-order valence-electron chi connectivity index (χ3n) is 3.80. The smallest absolute Gasteiger partial charge is 0.130 e. The molecule has 2 aromatic carbocycles. The largest absolute Gasteiger partial charge is 0.489 e. The van der Waals surface area contributed by atoms with Gasteiger partial charge in [0.25, 0.3) is 0 Å². The SMILES string of the molecule is CCN1c2ccccc2Sc2cc3c(cc21)OCC=C3Cl. The molecule has 2 aliphatic rings. The highest BCUT2D eigenvalue weighted by molar-refractivity contribution is 7.99. The van der Waals surface area contributed by atoms with E-state index in [1.54, 1.807) is 11.8 Å². The lowest BCUT2D eigenvalue weighted by atomic mass is 10.1. The van der Waals surface area contributed by atoms with Crippen molar-refractivity contribution in [3.63, 3.8) is 0 Å². The summed E-state index contributed by atoms with van der Waals surface area (Å²) in [6.07, 6.45) is 1.91. The molecule has 0 bridgehead atoms. The lowest BCUT2D eigenvalue weighted by molar-refractivity contribution is 0.358. The van der Waals surface area contributed by atoms with Gasteiger partial charge in [0.05, 0.1) is 16.4 Å². The maximum absolute atomic E-state index is 6.32. The first-order chi connectivity index (χ1) is 10.3. The summed E-state index contributed by atoms with van der Waals surface area (Å²) in [5.41, 5.74) is 3.45. The maximum Gasteiger partial charge on any atom is 0.130 e. The molecule has 0 unspecified atom stereocenters. The fourth-order valence-electron chi connectivity index (χ4n) is 2.82. The fraction of sp³-hybridized carbons (Fsp3) is 0.176. The minimum atomic E-state index is 0.542. The Bertz CT molecular complexity index is 756. The molecule has 0 N–H and O–H groups in total. The number of anilines is 2. The van der Waals surface area contributed by atoms with Gasteiger partial charge in [-0.2, -0.15) is 0 Å². The van der Waals surface area contributed by atoms with E-state index in [9.17, 15) is 0 Å². The molecule has 0 fully saturated rings. The van der Waals surface area contributed by atoms with Crippen molar-refractivity contribution >= 4 is 39.8 Å². The molecule has 2 heterocycles. The topological polar surface area (TPSA) is 12.5 Å².